The molecule has 0 bridgehead atoms. The first-order valence-corrected chi connectivity index (χ1v) is 12.2. The number of amides is 1. The zero-order valence-corrected chi connectivity index (χ0v) is 22.3. The summed E-state index contributed by atoms with van der Waals surface area (Å²) in [6.45, 7) is 2.83. The summed E-state index contributed by atoms with van der Waals surface area (Å²) in [5.74, 6) is 0.290. The molecular formula is C28H29Cl2N5O3. The summed E-state index contributed by atoms with van der Waals surface area (Å²) in [4.78, 5) is 13.0. The van der Waals surface area contributed by atoms with Gasteiger partial charge in [0.15, 0.2) is 0 Å². The number of benzene rings is 3. The van der Waals surface area contributed by atoms with Crippen LogP contribution in [0.25, 0.3) is 11.3 Å². The Morgan fingerprint density at radius 2 is 1.82 bits per heavy atom. The number of nitrogens with one attached hydrogen (secondary N) is 2. The van der Waals surface area contributed by atoms with Crippen LogP contribution in [0.2, 0.25) is 5.02 Å². The third kappa shape index (κ3) is 7.35. The molecule has 0 radical (unpaired) electrons. The Morgan fingerprint density at radius 3 is 2.50 bits per heavy atom. The number of hydrogen-bond acceptors (Lipinski definition) is 5. The van der Waals surface area contributed by atoms with Gasteiger partial charge in [0, 0.05) is 35.5 Å². The molecule has 0 unspecified atom stereocenters. The Morgan fingerprint density at radius 1 is 1.08 bits per heavy atom. The van der Waals surface area contributed by atoms with Crippen LogP contribution in [0.3, 0.4) is 0 Å². The Hall–Kier alpha value is -3.85. The average molecular weight is 554 g/mol. The number of carbonyl (C=O) groups is 1. The molecule has 3 aromatic carbocycles. The van der Waals surface area contributed by atoms with Gasteiger partial charge in [0.1, 0.15) is 18.2 Å². The van der Waals surface area contributed by atoms with Crippen LogP contribution in [0, 0.1) is 5.41 Å². The van der Waals surface area contributed by atoms with Gasteiger partial charge in [-0.2, -0.15) is 5.10 Å². The van der Waals surface area contributed by atoms with Crippen LogP contribution in [-0.2, 0) is 22.7 Å². The van der Waals surface area contributed by atoms with Gasteiger partial charge in [-0.3, -0.25) is 10.2 Å². The van der Waals surface area contributed by atoms with Gasteiger partial charge in [-0.25, -0.2) is 4.68 Å². The van der Waals surface area contributed by atoms with E-state index in [9.17, 15) is 4.79 Å². The quantitative estimate of drug-likeness (QED) is 0.171. The molecule has 4 rings (SSSR count). The van der Waals surface area contributed by atoms with E-state index in [0.717, 1.165) is 11.1 Å². The molecule has 4 aromatic rings. The zero-order chi connectivity index (χ0) is 26.2. The minimum absolute atomic E-state index is 0. The fraction of sp³-hybridized carbons (Fsp3) is 0.179. The normalized spacial score (nSPS) is 11.3. The number of halogens is 2. The number of nitrogens with zero attached hydrogens (tertiary/aromatic N) is 2. The molecule has 8 nitrogen and oxygen atoms in total. The Balaban J connectivity index is 0.00000400. The van der Waals surface area contributed by atoms with Gasteiger partial charge in [-0.15, -0.1) is 12.4 Å². The van der Waals surface area contributed by atoms with Crippen molar-refractivity contribution in [2.45, 2.75) is 26.3 Å². The SMILES string of the molecule is CCO[C@@H](C(=O)NCc1ccc(C(=N)N)cc1)n1ccc(-c2cc(Cl)ccc2OCc2ccccc2)n1.Cl. The van der Waals surface area contributed by atoms with Crippen molar-refractivity contribution in [2.75, 3.05) is 6.61 Å². The number of nitrogen functional groups attached to an aromatic ring is 1. The number of hydrogen-bond donors (Lipinski definition) is 3. The lowest BCUT2D eigenvalue weighted by Gasteiger charge is -2.17. The van der Waals surface area contributed by atoms with Gasteiger partial charge >= 0.3 is 0 Å². The van der Waals surface area contributed by atoms with E-state index in [1.54, 1.807) is 36.5 Å². The summed E-state index contributed by atoms with van der Waals surface area (Å²) in [6.07, 6.45) is 0.738. The maximum absolute atomic E-state index is 13.0. The first kappa shape index (κ1) is 28.7. The first-order valence-electron chi connectivity index (χ1n) is 11.8. The molecule has 1 atom stereocenters. The molecule has 0 saturated carbocycles. The first-order chi connectivity index (χ1) is 17.9. The summed E-state index contributed by atoms with van der Waals surface area (Å²) in [5.41, 5.74) is 9.35. The molecule has 0 aliphatic carbocycles. The van der Waals surface area contributed by atoms with Crippen LogP contribution in [0.4, 0.5) is 0 Å². The lowest BCUT2D eigenvalue weighted by Crippen LogP contribution is -2.34. The lowest BCUT2D eigenvalue weighted by atomic mass is 10.1. The van der Waals surface area contributed by atoms with E-state index in [4.69, 9.17) is 32.2 Å². The fourth-order valence-corrected chi connectivity index (χ4v) is 3.86. The van der Waals surface area contributed by atoms with Gasteiger partial charge < -0.3 is 20.5 Å². The Bertz CT molecular complexity index is 1360. The lowest BCUT2D eigenvalue weighted by molar-refractivity contribution is -0.139. The predicted octanol–water partition coefficient (Wildman–Crippen LogP) is 5.34. The molecule has 1 heterocycles. The molecule has 0 spiro atoms. The van der Waals surface area contributed by atoms with E-state index >= 15 is 0 Å². The Labute approximate surface area is 232 Å². The van der Waals surface area contributed by atoms with E-state index < -0.39 is 6.23 Å². The van der Waals surface area contributed by atoms with Crippen molar-refractivity contribution in [1.82, 2.24) is 15.1 Å². The third-order valence-electron chi connectivity index (χ3n) is 5.58. The molecule has 0 aliphatic rings. The van der Waals surface area contributed by atoms with Crippen LogP contribution >= 0.6 is 24.0 Å². The summed E-state index contributed by atoms with van der Waals surface area (Å²) >= 11 is 6.28. The topological polar surface area (TPSA) is 115 Å². The van der Waals surface area contributed by atoms with Crippen molar-refractivity contribution >= 4 is 35.8 Å². The summed E-state index contributed by atoms with van der Waals surface area (Å²) in [7, 11) is 0. The van der Waals surface area contributed by atoms with Crippen molar-refractivity contribution in [2.24, 2.45) is 5.73 Å². The molecule has 1 amide bonds. The van der Waals surface area contributed by atoms with Crippen molar-refractivity contribution in [3.05, 3.63) is 107 Å². The maximum Gasteiger partial charge on any atom is 0.272 e. The van der Waals surface area contributed by atoms with E-state index in [-0.39, 0.29) is 24.1 Å². The van der Waals surface area contributed by atoms with Crippen molar-refractivity contribution in [1.29, 1.82) is 5.41 Å². The van der Waals surface area contributed by atoms with Gasteiger partial charge in [0.25, 0.3) is 5.91 Å². The highest BCUT2D eigenvalue weighted by molar-refractivity contribution is 6.31. The molecule has 0 fully saturated rings. The molecule has 4 N–H and O–H groups in total. The van der Waals surface area contributed by atoms with Crippen LogP contribution in [0.5, 0.6) is 5.75 Å². The summed E-state index contributed by atoms with van der Waals surface area (Å²) < 4.78 is 13.3. The molecule has 0 saturated heterocycles. The molecule has 198 valence electrons. The second-order valence-electron chi connectivity index (χ2n) is 8.23. The highest BCUT2D eigenvalue weighted by atomic mass is 35.5. The summed E-state index contributed by atoms with van der Waals surface area (Å²) in [5, 5.41) is 15.5. The largest absolute Gasteiger partial charge is 0.488 e. The second-order valence-corrected chi connectivity index (χ2v) is 8.67. The average Bonchev–Trinajstić information content (AvgIpc) is 3.40. The zero-order valence-electron chi connectivity index (χ0n) is 20.8. The smallest absolute Gasteiger partial charge is 0.272 e. The highest BCUT2D eigenvalue weighted by Gasteiger charge is 2.22. The number of aromatic nitrogens is 2. The van der Waals surface area contributed by atoms with Crippen molar-refractivity contribution in [3.63, 3.8) is 0 Å². The van der Waals surface area contributed by atoms with Gasteiger partial charge in [0.05, 0.1) is 5.69 Å². The van der Waals surface area contributed by atoms with Crippen LogP contribution in [0.1, 0.15) is 29.8 Å². The predicted molar refractivity (Wildman–Crippen MR) is 151 cm³/mol. The molecule has 0 aliphatic heterocycles. The van der Waals surface area contributed by atoms with Crippen LogP contribution in [-0.4, -0.2) is 28.1 Å². The number of carbonyl (C=O) groups excluding carboxylic acids is 1. The minimum Gasteiger partial charge on any atom is -0.488 e. The van der Waals surface area contributed by atoms with E-state index in [0.29, 0.717) is 47.4 Å². The molecule has 1 aromatic heterocycles. The third-order valence-corrected chi connectivity index (χ3v) is 5.82. The van der Waals surface area contributed by atoms with Crippen LogP contribution in [0.15, 0.2) is 85.1 Å². The van der Waals surface area contributed by atoms with Crippen molar-refractivity contribution < 1.29 is 14.3 Å². The number of rotatable bonds is 11. The highest BCUT2D eigenvalue weighted by Crippen LogP contribution is 2.32. The standard InChI is InChI=1S/C28H28ClN5O3.ClH/c1-2-36-28(27(35)32-17-19-8-10-21(11-9-19)26(30)31)34-15-14-24(33-34)23-16-22(29)12-13-25(23)37-18-20-6-4-3-5-7-20;/h3-16,28H,2,17-18H2,1H3,(H3,30,31)(H,32,35);1H/t28-;/m0./s1. The Kier molecular flexibility index (Phi) is 10.3. The number of nitrogens with two attached hydrogens (primary N) is 1. The molecule has 38 heavy (non-hydrogen) atoms. The molecular weight excluding hydrogens is 525 g/mol. The number of ether oxygens (including phenoxy) is 2. The maximum atomic E-state index is 13.0. The van der Waals surface area contributed by atoms with E-state index in [1.165, 1.54) is 4.68 Å². The van der Waals surface area contributed by atoms with Gasteiger partial charge in [-0.05, 0) is 42.3 Å². The van der Waals surface area contributed by atoms with Gasteiger partial charge in [0.2, 0.25) is 6.23 Å². The van der Waals surface area contributed by atoms with Crippen molar-refractivity contribution in [3.8, 4) is 17.0 Å². The monoisotopic (exact) mass is 553 g/mol. The van der Waals surface area contributed by atoms with Crippen LogP contribution < -0.4 is 15.8 Å². The van der Waals surface area contributed by atoms with E-state index in [1.807, 2.05) is 55.5 Å². The fourth-order valence-electron chi connectivity index (χ4n) is 3.68. The van der Waals surface area contributed by atoms with Gasteiger partial charge in [-0.1, -0.05) is 66.2 Å². The van der Waals surface area contributed by atoms with E-state index in [2.05, 4.69) is 10.4 Å². The number of amidine groups is 1. The summed E-state index contributed by atoms with van der Waals surface area (Å²) in [6, 6.07) is 24.1. The second kappa shape index (κ2) is 13.6. The molecule has 10 heteroatoms. The minimum atomic E-state index is -0.955.